The first-order chi connectivity index (χ1) is 8.13. The van der Waals surface area contributed by atoms with Crippen LogP contribution in [-0.4, -0.2) is 22.9 Å². The number of likely N-dealkylation sites (N-methyl/N-ethyl adjacent to an activating group) is 1. The van der Waals surface area contributed by atoms with E-state index in [4.69, 9.17) is 11.6 Å². The highest BCUT2D eigenvalue weighted by Crippen LogP contribution is 2.30. The molecular formula is C13H22ClN3. The standard InChI is InChI=1S/C13H22ClN3/c1-9-13(14)12(17(3)16-9)8-11(15-2)10-6-4-5-7-10/h10-11,15H,4-8H2,1-3H3. The monoisotopic (exact) mass is 255 g/mol. The summed E-state index contributed by atoms with van der Waals surface area (Å²) in [7, 11) is 4.04. The summed E-state index contributed by atoms with van der Waals surface area (Å²) >= 11 is 6.31. The van der Waals surface area contributed by atoms with Gasteiger partial charge in [-0.3, -0.25) is 4.68 Å². The molecule has 0 amide bonds. The second kappa shape index (κ2) is 5.40. The Morgan fingerprint density at radius 2 is 2.12 bits per heavy atom. The van der Waals surface area contributed by atoms with E-state index in [0.717, 1.165) is 28.7 Å². The maximum atomic E-state index is 6.31. The Morgan fingerprint density at radius 3 is 2.59 bits per heavy atom. The molecule has 1 unspecified atom stereocenters. The second-order valence-electron chi connectivity index (χ2n) is 5.11. The van der Waals surface area contributed by atoms with E-state index in [-0.39, 0.29) is 0 Å². The summed E-state index contributed by atoms with van der Waals surface area (Å²) in [6.45, 7) is 1.97. The van der Waals surface area contributed by atoms with E-state index >= 15 is 0 Å². The summed E-state index contributed by atoms with van der Waals surface area (Å²) < 4.78 is 1.93. The first-order valence-corrected chi connectivity index (χ1v) is 6.86. The molecule has 2 rings (SSSR count). The van der Waals surface area contributed by atoms with Crippen LogP contribution in [0, 0.1) is 12.8 Å². The maximum absolute atomic E-state index is 6.31. The molecule has 0 aromatic carbocycles. The number of halogens is 1. The molecule has 96 valence electrons. The summed E-state index contributed by atoms with van der Waals surface area (Å²) in [4.78, 5) is 0. The largest absolute Gasteiger partial charge is 0.316 e. The molecule has 1 N–H and O–H groups in total. The van der Waals surface area contributed by atoms with E-state index in [9.17, 15) is 0 Å². The Morgan fingerprint density at radius 1 is 1.47 bits per heavy atom. The summed E-state index contributed by atoms with van der Waals surface area (Å²) in [5, 5.41) is 8.68. The quantitative estimate of drug-likeness (QED) is 0.897. The summed E-state index contributed by atoms with van der Waals surface area (Å²) in [5.41, 5.74) is 2.10. The summed E-state index contributed by atoms with van der Waals surface area (Å²) in [6.07, 6.45) is 6.43. The van der Waals surface area contributed by atoms with Crippen LogP contribution in [0.3, 0.4) is 0 Å². The molecule has 3 nitrogen and oxygen atoms in total. The maximum Gasteiger partial charge on any atom is 0.0847 e. The molecule has 1 aromatic rings. The van der Waals surface area contributed by atoms with Gasteiger partial charge in [0.1, 0.15) is 0 Å². The van der Waals surface area contributed by atoms with E-state index in [1.165, 1.54) is 25.7 Å². The Labute approximate surface area is 109 Å². The van der Waals surface area contributed by atoms with E-state index < -0.39 is 0 Å². The molecule has 1 aromatic heterocycles. The van der Waals surface area contributed by atoms with Crippen molar-refractivity contribution in [2.24, 2.45) is 13.0 Å². The van der Waals surface area contributed by atoms with Crippen molar-refractivity contribution in [2.45, 2.75) is 45.1 Å². The van der Waals surface area contributed by atoms with Crippen molar-refractivity contribution >= 4 is 11.6 Å². The molecule has 0 bridgehead atoms. The Balaban J connectivity index is 2.12. The number of hydrogen-bond donors (Lipinski definition) is 1. The third-order valence-corrected chi connectivity index (χ3v) is 4.51. The number of hydrogen-bond acceptors (Lipinski definition) is 2. The van der Waals surface area contributed by atoms with Crippen LogP contribution in [0.5, 0.6) is 0 Å². The third-order valence-electron chi connectivity index (χ3n) is 4.01. The van der Waals surface area contributed by atoms with Crippen LogP contribution in [-0.2, 0) is 13.5 Å². The molecule has 0 radical (unpaired) electrons. The minimum Gasteiger partial charge on any atom is -0.316 e. The van der Waals surface area contributed by atoms with Crippen LogP contribution in [0.4, 0.5) is 0 Å². The van der Waals surface area contributed by atoms with Crippen LogP contribution < -0.4 is 5.32 Å². The van der Waals surface area contributed by atoms with Gasteiger partial charge in [-0.05, 0) is 32.7 Å². The van der Waals surface area contributed by atoms with Crippen LogP contribution in [0.2, 0.25) is 5.02 Å². The van der Waals surface area contributed by atoms with Gasteiger partial charge in [-0.1, -0.05) is 24.4 Å². The first kappa shape index (κ1) is 12.9. The van der Waals surface area contributed by atoms with Crippen LogP contribution >= 0.6 is 11.6 Å². The number of aryl methyl sites for hydroxylation is 2. The molecule has 0 saturated heterocycles. The molecule has 17 heavy (non-hydrogen) atoms. The van der Waals surface area contributed by atoms with Gasteiger partial charge in [0.15, 0.2) is 0 Å². The van der Waals surface area contributed by atoms with E-state index in [1.807, 2.05) is 18.7 Å². The SMILES string of the molecule is CNC(Cc1c(Cl)c(C)nn1C)C1CCCC1. The van der Waals surface area contributed by atoms with Gasteiger partial charge >= 0.3 is 0 Å². The topological polar surface area (TPSA) is 29.9 Å². The fourth-order valence-corrected chi connectivity index (χ4v) is 3.21. The Kier molecular flexibility index (Phi) is 4.10. The second-order valence-corrected chi connectivity index (χ2v) is 5.49. The number of aromatic nitrogens is 2. The van der Waals surface area contributed by atoms with Gasteiger partial charge in [-0.15, -0.1) is 0 Å². The molecule has 1 atom stereocenters. The third kappa shape index (κ3) is 2.66. The van der Waals surface area contributed by atoms with Gasteiger partial charge in [0.05, 0.1) is 16.4 Å². The highest BCUT2D eigenvalue weighted by atomic mass is 35.5. The highest BCUT2D eigenvalue weighted by Gasteiger charge is 2.26. The van der Waals surface area contributed by atoms with Crippen LogP contribution in [0.1, 0.15) is 37.1 Å². The fourth-order valence-electron chi connectivity index (χ4n) is 2.97. The zero-order valence-electron chi connectivity index (χ0n) is 11.0. The predicted molar refractivity (Wildman–Crippen MR) is 71.5 cm³/mol. The average molecular weight is 256 g/mol. The summed E-state index contributed by atoms with van der Waals surface area (Å²) in [6, 6.07) is 0.532. The lowest BCUT2D eigenvalue weighted by molar-refractivity contribution is 0.371. The molecule has 1 aliphatic carbocycles. The zero-order valence-corrected chi connectivity index (χ0v) is 11.7. The lowest BCUT2D eigenvalue weighted by Gasteiger charge is -2.23. The van der Waals surface area contributed by atoms with Crippen LogP contribution in [0.15, 0.2) is 0 Å². The normalized spacial score (nSPS) is 18.8. The van der Waals surface area contributed by atoms with Gasteiger partial charge in [0, 0.05) is 19.5 Å². The van der Waals surface area contributed by atoms with Crippen molar-refractivity contribution in [3.63, 3.8) is 0 Å². The first-order valence-electron chi connectivity index (χ1n) is 6.48. The van der Waals surface area contributed by atoms with E-state index in [2.05, 4.69) is 17.5 Å². The number of rotatable bonds is 4. The van der Waals surface area contributed by atoms with Gasteiger partial charge in [-0.25, -0.2) is 0 Å². The molecule has 1 saturated carbocycles. The minimum absolute atomic E-state index is 0.532. The predicted octanol–water partition coefficient (Wildman–Crippen LogP) is 2.70. The molecule has 1 aliphatic rings. The molecule has 1 heterocycles. The van der Waals surface area contributed by atoms with Gasteiger partial charge in [-0.2, -0.15) is 5.10 Å². The van der Waals surface area contributed by atoms with Gasteiger partial charge in [0.25, 0.3) is 0 Å². The van der Waals surface area contributed by atoms with Crippen molar-refractivity contribution in [2.75, 3.05) is 7.05 Å². The lowest BCUT2D eigenvalue weighted by atomic mass is 9.94. The summed E-state index contributed by atoms with van der Waals surface area (Å²) in [5.74, 6) is 0.797. The van der Waals surface area contributed by atoms with E-state index in [1.54, 1.807) is 0 Å². The van der Waals surface area contributed by atoms with Gasteiger partial charge < -0.3 is 5.32 Å². The fraction of sp³-hybridized carbons (Fsp3) is 0.769. The van der Waals surface area contributed by atoms with Crippen molar-refractivity contribution in [1.82, 2.24) is 15.1 Å². The molecule has 0 spiro atoms. The highest BCUT2D eigenvalue weighted by molar-refractivity contribution is 6.31. The van der Waals surface area contributed by atoms with Crippen molar-refractivity contribution in [3.05, 3.63) is 16.4 Å². The Bertz CT molecular complexity index is 380. The molecular weight excluding hydrogens is 234 g/mol. The number of nitrogens with one attached hydrogen (secondary N) is 1. The Hall–Kier alpha value is -0.540. The smallest absolute Gasteiger partial charge is 0.0847 e. The molecule has 1 fully saturated rings. The lowest BCUT2D eigenvalue weighted by Crippen LogP contribution is -2.35. The number of nitrogens with zero attached hydrogens (tertiary/aromatic N) is 2. The molecule has 0 aliphatic heterocycles. The average Bonchev–Trinajstić information content (AvgIpc) is 2.89. The minimum atomic E-state index is 0.532. The van der Waals surface area contributed by atoms with Crippen molar-refractivity contribution < 1.29 is 0 Å². The van der Waals surface area contributed by atoms with Crippen molar-refractivity contribution in [3.8, 4) is 0 Å². The van der Waals surface area contributed by atoms with Gasteiger partial charge in [0.2, 0.25) is 0 Å². The molecule has 4 heteroatoms. The zero-order chi connectivity index (χ0) is 12.4. The van der Waals surface area contributed by atoms with Crippen LogP contribution in [0.25, 0.3) is 0 Å². The van der Waals surface area contributed by atoms with Crippen molar-refractivity contribution in [1.29, 1.82) is 0 Å². The van der Waals surface area contributed by atoms with E-state index in [0.29, 0.717) is 6.04 Å².